The molecular weight excluding hydrogens is 427 g/mol. The van der Waals surface area contributed by atoms with E-state index in [-0.39, 0.29) is 11.4 Å². The molecule has 0 unspecified atom stereocenters. The Morgan fingerprint density at radius 1 is 1.18 bits per heavy atom. The molecule has 1 N–H and O–H groups in total. The number of hydrogen-bond acceptors (Lipinski definition) is 4. The molecule has 1 aliphatic heterocycles. The molecule has 0 radical (unpaired) electrons. The number of fused-ring (bicyclic) bond motifs is 1. The second-order valence-electron chi connectivity index (χ2n) is 9.29. The number of allylic oxidation sites excluding steroid dienone is 8. The molecule has 176 valence electrons. The van der Waals surface area contributed by atoms with E-state index in [1.54, 1.807) is 12.2 Å². The van der Waals surface area contributed by atoms with Crippen LogP contribution >= 0.6 is 0 Å². The number of halogens is 1. The minimum absolute atomic E-state index is 0.159. The van der Waals surface area contributed by atoms with Crippen LogP contribution in [0.5, 0.6) is 0 Å². The Hall–Kier alpha value is -3.54. The van der Waals surface area contributed by atoms with E-state index in [0.717, 1.165) is 63.3 Å². The molecule has 0 fully saturated rings. The number of hydrogen-bond donors (Lipinski definition) is 1. The van der Waals surface area contributed by atoms with Crippen molar-refractivity contribution in [3.8, 4) is 0 Å². The van der Waals surface area contributed by atoms with Crippen molar-refractivity contribution in [1.29, 1.82) is 0 Å². The molecule has 2 aliphatic rings. The molecule has 0 aromatic carbocycles. The van der Waals surface area contributed by atoms with Crippen LogP contribution in [0, 0.1) is 6.92 Å². The highest BCUT2D eigenvalue weighted by Crippen LogP contribution is 2.33. The van der Waals surface area contributed by atoms with E-state index < -0.39 is 0 Å². The highest BCUT2D eigenvalue weighted by molar-refractivity contribution is 5.73. The molecule has 34 heavy (non-hydrogen) atoms. The second-order valence-corrected chi connectivity index (χ2v) is 9.29. The Labute approximate surface area is 200 Å². The van der Waals surface area contributed by atoms with Crippen LogP contribution in [0.2, 0.25) is 0 Å². The molecular formula is C28H31FN4O. The summed E-state index contributed by atoms with van der Waals surface area (Å²) in [5, 5.41) is 0. The Balaban J connectivity index is 1.62. The molecule has 0 spiro atoms. The number of aryl methyl sites for hydroxylation is 1. The van der Waals surface area contributed by atoms with Crippen molar-refractivity contribution < 1.29 is 4.39 Å². The Morgan fingerprint density at radius 2 is 1.94 bits per heavy atom. The largest absolute Gasteiger partial charge is 0.367 e. The third kappa shape index (κ3) is 4.86. The first-order valence-corrected chi connectivity index (χ1v) is 11.5. The molecule has 2 aromatic heterocycles. The first-order chi connectivity index (χ1) is 16.1. The van der Waals surface area contributed by atoms with Gasteiger partial charge in [0.05, 0.1) is 0 Å². The van der Waals surface area contributed by atoms with Crippen LogP contribution in [-0.4, -0.2) is 26.4 Å². The van der Waals surface area contributed by atoms with Crippen molar-refractivity contribution in [2.24, 2.45) is 0 Å². The summed E-state index contributed by atoms with van der Waals surface area (Å²) in [7, 11) is 0. The summed E-state index contributed by atoms with van der Waals surface area (Å²) >= 11 is 0. The minimum Gasteiger partial charge on any atom is -0.367 e. The predicted octanol–water partition coefficient (Wildman–Crippen LogP) is 5.82. The average molecular weight is 459 g/mol. The number of H-pyrrole nitrogens is 1. The fourth-order valence-corrected chi connectivity index (χ4v) is 4.58. The quantitative estimate of drug-likeness (QED) is 0.587. The van der Waals surface area contributed by atoms with Gasteiger partial charge in [0.15, 0.2) is 0 Å². The molecule has 0 amide bonds. The van der Waals surface area contributed by atoms with E-state index in [1.807, 2.05) is 40.8 Å². The van der Waals surface area contributed by atoms with Crippen molar-refractivity contribution in [2.45, 2.75) is 54.0 Å². The zero-order valence-corrected chi connectivity index (χ0v) is 20.6. The van der Waals surface area contributed by atoms with Gasteiger partial charge in [-0.3, -0.25) is 9.78 Å². The van der Waals surface area contributed by atoms with Crippen molar-refractivity contribution in [1.82, 2.24) is 19.9 Å². The van der Waals surface area contributed by atoms with E-state index in [4.69, 9.17) is 4.98 Å². The molecule has 0 atom stereocenters. The molecule has 2 aromatic rings. The van der Waals surface area contributed by atoms with E-state index in [1.165, 1.54) is 6.07 Å². The number of nitrogens with zero attached hydrogens (tertiary/aromatic N) is 3. The molecule has 1 aliphatic carbocycles. The Morgan fingerprint density at radius 3 is 2.68 bits per heavy atom. The topological polar surface area (TPSA) is 61.9 Å². The van der Waals surface area contributed by atoms with Gasteiger partial charge >= 0.3 is 0 Å². The first kappa shape index (κ1) is 23.6. The normalized spacial score (nSPS) is 16.9. The van der Waals surface area contributed by atoms with Gasteiger partial charge in [-0.25, -0.2) is 9.37 Å². The summed E-state index contributed by atoms with van der Waals surface area (Å²) < 4.78 is 14.0. The van der Waals surface area contributed by atoms with Gasteiger partial charge in [-0.1, -0.05) is 12.2 Å². The Bertz CT molecular complexity index is 1360. The van der Waals surface area contributed by atoms with Crippen LogP contribution in [0.25, 0.3) is 11.1 Å². The standard InChI is InChI=1S/C28H31FN4O/c1-16-9-24(29)11-17(2)25(10-16)22-13-23-15-33(8-7-26(23)30-14-22)21(6)19(4)20(5)28-31-18(3)12-27(34)32-28/h9,11-14H,6-8,10,15H2,1-5H3,(H,31,32,34)/b20-19-. The summed E-state index contributed by atoms with van der Waals surface area (Å²) in [6.07, 6.45) is 6.64. The number of pyridine rings is 1. The maximum atomic E-state index is 14.0. The molecule has 0 saturated heterocycles. The third-order valence-electron chi connectivity index (χ3n) is 6.66. The van der Waals surface area contributed by atoms with Gasteiger partial charge < -0.3 is 9.88 Å². The maximum Gasteiger partial charge on any atom is 0.251 e. The zero-order chi connectivity index (χ0) is 24.6. The molecule has 5 nitrogen and oxygen atoms in total. The third-order valence-corrected chi connectivity index (χ3v) is 6.66. The van der Waals surface area contributed by atoms with E-state index in [0.29, 0.717) is 24.5 Å². The number of rotatable bonds is 4. The fraction of sp³-hybridized carbons (Fsp3) is 0.321. The van der Waals surface area contributed by atoms with Gasteiger partial charge in [0.2, 0.25) is 0 Å². The maximum absolute atomic E-state index is 14.0. The van der Waals surface area contributed by atoms with Crippen molar-refractivity contribution in [3.05, 3.63) is 104 Å². The van der Waals surface area contributed by atoms with Gasteiger partial charge in [-0.05, 0) is 92.7 Å². The van der Waals surface area contributed by atoms with Crippen molar-refractivity contribution in [2.75, 3.05) is 6.54 Å². The average Bonchev–Trinajstić information content (AvgIpc) is 2.92. The zero-order valence-electron chi connectivity index (χ0n) is 20.6. The van der Waals surface area contributed by atoms with Crippen LogP contribution in [0.15, 0.2) is 70.1 Å². The number of aromatic nitrogens is 3. The van der Waals surface area contributed by atoms with E-state index in [9.17, 15) is 9.18 Å². The van der Waals surface area contributed by atoms with E-state index >= 15 is 0 Å². The van der Waals surface area contributed by atoms with Gasteiger partial charge in [0, 0.05) is 48.9 Å². The molecule has 6 heteroatoms. The second kappa shape index (κ2) is 9.37. The SMILES string of the molecule is C=C(/C(C)=C(/C)c1nc(C)cc(=O)[nH]1)N1CCc2ncc(C3=C(C)C=C(F)C=C(C)C3)cc2C1. The van der Waals surface area contributed by atoms with Gasteiger partial charge in [0.1, 0.15) is 11.7 Å². The Kier molecular flexibility index (Phi) is 6.51. The highest BCUT2D eigenvalue weighted by atomic mass is 19.1. The molecule has 3 heterocycles. The molecule has 0 bridgehead atoms. The predicted molar refractivity (Wildman–Crippen MR) is 136 cm³/mol. The lowest BCUT2D eigenvalue weighted by Gasteiger charge is -2.33. The van der Waals surface area contributed by atoms with E-state index in [2.05, 4.69) is 27.5 Å². The molecule has 4 rings (SSSR count). The van der Waals surface area contributed by atoms with Gasteiger partial charge in [-0.15, -0.1) is 0 Å². The van der Waals surface area contributed by atoms with Crippen LogP contribution in [-0.2, 0) is 13.0 Å². The smallest absolute Gasteiger partial charge is 0.251 e. The van der Waals surface area contributed by atoms with Gasteiger partial charge in [0.25, 0.3) is 5.56 Å². The minimum atomic E-state index is -0.208. The van der Waals surface area contributed by atoms with Crippen LogP contribution in [0.4, 0.5) is 4.39 Å². The lowest BCUT2D eigenvalue weighted by molar-refractivity contribution is 0.326. The lowest BCUT2D eigenvalue weighted by Crippen LogP contribution is -2.31. The summed E-state index contributed by atoms with van der Waals surface area (Å²) in [5.74, 6) is 0.366. The number of aromatic amines is 1. The fourth-order valence-electron chi connectivity index (χ4n) is 4.58. The van der Waals surface area contributed by atoms with Crippen LogP contribution in [0.3, 0.4) is 0 Å². The van der Waals surface area contributed by atoms with Gasteiger partial charge in [-0.2, -0.15) is 0 Å². The first-order valence-electron chi connectivity index (χ1n) is 11.5. The lowest BCUT2D eigenvalue weighted by atomic mass is 9.93. The van der Waals surface area contributed by atoms with Crippen molar-refractivity contribution >= 4 is 11.1 Å². The van der Waals surface area contributed by atoms with Crippen LogP contribution < -0.4 is 5.56 Å². The highest BCUT2D eigenvalue weighted by Gasteiger charge is 2.22. The summed E-state index contributed by atoms with van der Waals surface area (Å²) in [6, 6.07) is 3.68. The molecule has 0 saturated carbocycles. The summed E-state index contributed by atoms with van der Waals surface area (Å²) in [4.78, 5) is 26.2. The van der Waals surface area contributed by atoms with Crippen LogP contribution in [0.1, 0.15) is 62.5 Å². The summed E-state index contributed by atoms with van der Waals surface area (Å²) in [5.41, 5.74) is 9.64. The number of nitrogens with one attached hydrogen (secondary N) is 1. The summed E-state index contributed by atoms with van der Waals surface area (Å²) in [6.45, 7) is 15.6. The van der Waals surface area contributed by atoms with Crippen molar-refractivity contribution in [3.63, 3.8) is 0 Å². The monoisotopic (exact) mass is 458 g/mol.